The van der Waals surface area contributed by atoms with E-state index in [1.54, 1.807) is 7.11 Å². The second kappa shape index (κ2) is 11.5. The zero-order valence-electron chi connectivity index (χ0n) is 11.0. The van der Waals surface area contributed by atoms with Crippen molar-refractivity contribution < 1.29 is 9.84 Å². The number of rotatable bonds is 9. The predicted octanol–water partition coefficient (Wildman–Crippen LogP) is 2.75. The second-order valence-electron chi connectivity index (χ2n) is 4.19. The fourth-order valence-corrected chi connectivity index (χ4v) is 1.75. The molecule has 0 aliphatic heterocycles. The van der Waals surface area contributed by atoms with E-state index in [1.807, 2.05) is 0 Å². The minimum atomic E-state index is -0.535. The summed E-state index contributed by atoms with van der Waals surface area (Å²) in [7, 11) is 1.63. The molecule has 0 rings (SSSR count). The van der Waals surface area contributed by atoms with Crippen LogP contribution in [0.25, 0.3) is 0 Å². The molecular formula is C15H24O2. The summed E-state index contributed by atoms with van der Waals surface area (Å²) in [6.07, 6.45) is 11.7. The van der Waals surface area contributed by atoms with Crippen molar-refractivity contribution in [3.05, 3.63) is 0 Å². The summed E-state index contributed by atoms with van der Waals surface area (Å²) in [5, 5.41) is 9.84. The van der Waals surface area contributed by atoms with E-state index in [-0.39, 0.29) is 6.10 Å². The molecule has 0 aliphatic rings. The van der Waals surface area contributed by atoms with E-state index in [4.69, 9.17) is 11.2 Å². The van der Waals surface area contributed by atoms with Crippen LogP contribution in [0.15, 0.2) is 0 Å². The van der Waals surface area contributed by atoms with Gasteiger partial charge >= 0.3 is 0 Å². The van der Waals surface area contributed by atoms with E-state index in [2.05, 4.69) is 24.7 Å². The van der Waals surface area contributed by atoms with Gasteiger partial charge < -0.3 is 9.84 Å². The zero-order valence-corrected chi connectivity index (χ0v) is 11.0. The van der Waals surface area contributed by atoms with Crippen molar-refractivity contribution in [1.29, 1.82) is 0 Å². The topological polar surface area (TPSA) is 29.5 Å². The first-order chi connectivity index (χ1) is 8.26. The van der Waals surface area contributed by atoms with Gasteiger partial charge in [-0.3, -0.25) is 0 Å². The highest BCUT2D eigenvalue weighted by atomic mass is 16.5. The first kappa shape index (κ1) is 16.0. The van der Waals surface area contributed by atoms with Crippen LogP contribution in [0.1, 0.15) is 51.9 Å². The van der Waals surface area contributed by atoms with E-state index in [1.165, 1.54) is 25.7 Å². The molecular weight excluding hydrogens is 212 g/mol. The Balaban J connectivity index is 3.77. The summed E-state index contributed by atoms with van der Waals surface area (Å²) in [6.45, 7) is 2.20. The highest BCUT2D eigenvalue weighted by Crippen LogP contribution is 2.13. The molecule has 2 atom stereocenters. The average Bonchev–Trinajstić information content (AvgIpc) is 2.34. The Morgan fingerprint density at radius 3 is 2.53 bits per heavy atom. The standard InChI is InChI=1S/C15H24O2/c1-4-6-8-9-11-13-15(17-3)14(16)12-10-7-5-2/h2,14-16H,4,6,8-9,11-13H2,1,3H3/t14-,15-/m1/s1. The first-order valence-corrected chi connectivity index (χ1v) is 6.40. The monoisotopic (exact) mass is 236 g/mol. The molecule has 0 fully saturated rings. The van der Waals surface area contributed by atoms with Crippen LogP contribution in [-0.2, 0) is 4.74 Å². The third-order valence-corrected chi connectivity index (χ3v) is 2.80. The number of methoxy groups -OCH3 is 1. The van der Waals surface area contributed by atoms with Crippen LogP contribution in [-0.4, -0.2) is 24.4 Å². The molecule has 0 unspecified atom stereocenters. The molecule has 96 valence electrons. The second-order valence-corrected chi connectivity index (χ2v) is 4.19. The van der Waals surface area contributed by atoms with Crippen LogP contribution in [0.5, 0.6) is 0 Å². The van der Waals surface area contributed by atoms with Gasteiger partial charge in [0, 0.05) is 13.5 Å². The van der Waals surface area contributed by atoms with Gasteiger partial charge in [0.15, 0.2) is 0 Å². The molecule has 2 heteroatoms. The Hall–Kier alpha value is -0.960. The summed E-state index contributed by atoms with van der Waals surface area (Å²) < 4.78 is 5.28. The smallest absolute Gasteiger partial charge is 0.0910 e. The number of hydrogen-bond acceptors (Lipinski definition) is 2. The largest absolute Gasteiger partial charge is 0.389 e. The Kier molecular flexibility index (Phi) is 10.9. The van der Waals surface area contributed by atoms with Crippen molar-refractivity contribution in [2.75, 3.05) is 7.11 Å². The van der Waals surface area contributed by atoms with Crippen molar-refractivity contribution >= 4 is 0 Å². The summed E-state index contributed by atoms with van der Waals surface area (Å²) in [4.78, 5) is 0. The lowest BCUT2D eigenvalue weighted by Crippen LogP contribution is -2.27. The first-order valence-electron chi connectivity index (χ1n) is 6.40. The summed E-state index contributed by atoms with van der Waals surface area (Å²) in [5.74, 6) is 7.48. The number of aliphatic hydroxyl groups excluding tert-OH is 1. The van der Waals surface area contributed by atoms with Crippen molar-refractivity contribution in [3.8, 4) is 24.2 Å². The Morgan fingerprint density at radius 2 is 1.94 bits per heavy atom. The summed E-state index contributed by atoms with van der Waals surface area (Å²) in [6, 6.07) is 0. The van der Waals surface area contributed by atoms with Crippen LogP contribution in [0.4, 0.5) is 0 Å². The van der Waals surface area contributed by atoms with Crippen LogP contribution in [0.2, 0.25) is 0 Å². The van der Waals surface area contributed by atoms with Gasteiger partial charge in [-0.25, -0.2) is 0 Å². The quantitative estimate of drug-likeness (QED) is 0.493. The maximum absolute atomic E-state index is 9.84. The maximum atomic E-state index is 9.84. The molecule has 0 heterocycles. The molecule has 0 aromatic heterocycles. The van der Waals surface area contributed by atoms with Gasteiger partial charge in [-0.15, -0.1) is 6.42 Å². The van der Waals surface area contributed by atoms with Crippen LogP contribution in [0.3, 0.4) is 0 Å². The van der Waals surface area contributed by atoms with Crippen molar-refractivity contribution in [2.24, 2.45) is 0 Å². The number of unbranched alkanes of at least 4 members (excludes halogenated alkanes) is 4. The van der Waals surface area contributed by atoms with E-state index < -0.39 is 6.10 Å². The third kappa shape index (κ3) is 8.81. The minimum Gasteiger partial charge on any atom is -0.389 e. The normalized spacial score (nSPS) is 13.3. The molecule has 0 amide bonds. The molecule has 0 aromatic rings. The number of aliphatic hydroxyl groups is 1. The van der Waals surface area contributed by atoms with Crippen LogP contribution >= 0.6 is 0 Å². The molecule has 0 saturated heterocycles. The molecule has 0 bridgehead atoms. The van der Waals surface area contributed by atoms with Gasteiger partial charge in [-0.1, -0.05) is 44.9 Å². The molecule has 0 radical (unpaired) electrons. The third-order valence-electron chi connectivity index (χ3n) is 2.80. The number of ether oxygens (including phenoxy) is 1. The summed E-state index contributed by atoms with van der Waals surface area (Å²) in [5.41, 5.74) is 0. The van der Waals surface area contributed by atoms with Gasteiger partial charge in [-0.2, -0.15) is 0 Å². The lowest BCUT2D eigenvalue weighted by Gasteiger charge is -2.19. The van der Waals surface area contributed by atoms with E-state index >= 15 is 0 Å². The average molecular weight is 236 g/mol. The highest BCUT2D eigenvalue weighted by Gasteiger charge is 2.16. The summed E-state index contributed by atoms with van der Waals surface area (Å²) >= 11 is 0. The van der Waals surface area contributed by atoms with Crippen molar-refractivity contribution in [2.45, 2.75) is 64.1 Å². The fraction of sp³-hybridized carbons (Fsp3) is 0.733. The Morgan fingerprint density at radius 1 is 1.24 bits per heavy atom. The molecule has 0 saturated carbocycles. The molecule has 0 aromatic carbocycles. The predicted molar refractivity (Wildman–Crippen MR) is 71.4 cm³/mol. The molecule has 17 heavy (non-hydrogen) atoms. The lowest BCUT2D eigenvalue weighted by molar-refractivity contribution is -0.0146. The zero-order chi connectivity index (χ0) is 12.9. The highest BCUT2D eigenvalue weighted by molar-refractivity contribution is 5.21. The van der Waals surface area contributed by atoms with Crippen LogP contribution < -0.4 is 0 Å². The number of hydrogen-bond donors (Lipinski definition) is 1. The van der Waals surface area contributed by atoms with E-state index in [0.717, 1.165) is 12.8 Å². The SMILES string of the molecule is C#CC#CC[C@@H](O)[C@@H](CCCCCCC)OC. The van der Waals surface area contributed by atoms with E-state index in [0.29, 0.717) is 6.42 Å². The molecule has 0 spiro atoms. The van der Waals surface area contributed by atoms with Gasteiger partial charge in [0.1, 0.15) is 0 Å². The van der Waals surface area contributed by atoms with Crippen molar-refractivity contribution in [1.82, 2.24) is 0 Å². The minimum absolute atomic E-state index is 0.122. The van der Waals surface area contributed by atoms with Gasteiger partial charge in [0.25, 0.3) is 0 Å². The lowest BCUT2D eigenvalue weighted by atomic mass is 10.0. The fourth-order valence-electron chi connectivity index (χ4n) is 1.75. The molecule has 0 aliphatic carbocycles. The number of terminal acetylenes is 1. The molecule has 2 nitrogen and oxygen atoms in total. The van der Waals surface area contributed by atoms with Gasteiger partial charge in [-0.05, 0) is 18.3 Å². The van der Waals surface area contributed by atoms with E-state index in [9.17, 15) is 5.11 Å². The Bertz CT molecular complexity index is 267. The van der Waals surface area contributed by atoms with Gasteiger partial charge in [0.2, 0.25) is 0 Å². The van der Waals surface area contributed by atoms with Gasteiger partial charge in [0.05, 0.1) is 12.2 Å². The molecule has 1 N–H and O–H groups in total. The van der Waals surface area contributed by atoms with Crippen LogP contribution in [0, 0.1) is 24.2 Å². The van der Waals surface area contributed by atoms with Crippen molar-refractivity contribution in [3.63, 3.8) is 0 Å². The Labute approximate surface area is 106 Å². The maximum Gasteiger partial charge on any atom is 0.0910 e.